The van der Waals surface area contributed by atoms with Crippen molar-refractivity contribution < 1.29 is 28.6 Å². The molecular weight excluding hydrogens is 380 g/mol. The highest BCUT2D eigenvalue weighted by atomic mass is 19.1. The standard InChI is InChI=1S/C18H12F4N4O2.H2/c19-10-3-1-4-11(20)9(10)7-23-18(28)16-14(8-24-26-16)25-17(27)15-12(21)5-2-6-13(15)22;/h1-6,8H,7H2,(H,23,28)(H,24,26)(H,25,27);1H. The van der Waals surface area contributed by atoms with E-state index in [0.717, 1.165) is 36.5 Å². The lowest BCUT2D eigenvalue weighted by Crippen LogP contribution is -2.26. The van der Waals surface area contributed by atoms with Crippen LogP contribution < -0.4 is 10.6 Å². The van der Waals surface area contributed by atoms with Gasteiger partial charge in [-0.1, -0.05) is 12.1 Å². The maximum atomic E-state index is 13.7. The van der Waals surface area contributed by atoms with Crippen molar-refractivity contribution in [2.75, 3.05) is 5.32 Å². The summed E-state index contributed by atoms with van der Waals surface area (Å²) in [5, 5.41) is 10.3. The maximum Gasteiger partial charge on any atom is 0.271 e. The lowest BCUT2D eigenvalue weighted by molar-refractivity contribution is 0.0946. The van der Waals surface area contributed by atoms with Crippen LogP contribution in [0.4, 0.5) is 23.2 Å². The van der Waals surface area contributed by atoms with Gasteiger partial charge in [0.25, 0.3) is 11.8 Å². The number of rotatable bonds is 5. The summed E-state index contributed by atoms with van der Waals surface area (Å²) in [5.74, 6) is -5.82. The first-order valence-corrected chi connectivity index (χ1v) is 7.88. The molecule has 3 N–H and O–H groups in total. The quantitative estimate of drug-likeness (QED) is 0.580. The van der Waals surface area contributed by atoms with Gasteiger partial charge in [0, 0.05) is 13.5 Å². The van der Waals surface area contributed by atoms with Crippen LogP contribution in [-0.2, 0) is 6.54 Å². The third-order valence-corrected chi connectivity index (χ3v) is 3.79. The summed E-state index contributed by atoms with van der Waals surface area (Å²) in [4.78, 5) is 24.4. The molecule has 0 fully saturated rings. The van der Waals surface area contributed by atoms with Gasteiger partial charge in [-0.15, -0.1) is 0 Å². The monoisotopic (exact) mass is 394 g/mol. The Balaban J connectivity index is 0.00000300. The van der Waals surface area contributed by atoms with Gasteiger partial charge in [-0.3, -0.25) is 14.7 Å². The Morgan fingerprint density at radius 3 is 2.11 bits per heavy atom. The molecule has 3 aromatic rings. The van der Waals surface area contributed by atoms with E-state index in [0.29, 0.717) is 0 Å². The first-order valence-electron chi connectivity index (χ1n) is 7.88. The fourth-order valence-electron chi connectivity index (χ4n) is 2.41. The molecule has 0 bridgehead atoms. The number of carbonyl (C=O) groups excluding carboxylic acids is 2. The maximum absolute atomic E-state index is 13.7. The number of amides is 2. The van der Waals surface area contributed by atoms with Gasteiger partial charge in [-0.2, -0.15) is 5.10 Å². The lowest BCUT2D eigenvalue weighted by Gasteiger charge is -2.09. The molecule has 28 heavy (non-hydrogen) atoms. The van der Waals surface area contributed by atoms with Gasteiger partial charge in [0.05, 0.1) is 11.9 Å². The van der Waals surface area contributed by atoms with Crippen molar-refractivity contribution >= 4 is 17.5 Å². The zero-order valence-electron chi connectivity index (χ0n) is 14.0. The summed E-state index contributed by atoms with van der Waals surface area (Å²) >= 11 is 0. The normalized spacial score (nSPS) is 10.6. The summed E-state index contributed by atoms with van der Waals surface area (Å²) in [5.41, 5.74) is -1.61. The van der Waals surface area contributed by atoms with E-state index in [1.807, 2.05) is 0 Å². The van der Waals surface area contributed by atoms with Crippen molar-refractivity contribution in [3.05, 3.63) is 82.7 Å². The Morgan fingerprint density at radius 2 is 1.50 bits per heavy atom. The number of nitrogens with one attached hydrogen (secondary N) is 3. The lowest BCUT2D eigenvalue weighted by atomic mass is 10.1. The fourth-order valence-corrected chi connectivity index (χ4v) is 2.41. The highest BCUT2D eigenvalue weighted by Crippen LogP contribution is 2.18. The summed E-state index contributed by atoms with van der Waals surface area (Å²) in [7, 11) is 0. The minimum atomic E-state index is -1.13. The number of aromatic nitrogens is 2. The van der Waals surface area contributed by atoms with Gasteiger partial charge >= 0.3 is 0 Å². The predicted octanol–water partition coefficient (Wildman–Crippen LogP) is 3.39. The zero-order chi connectivity index (χ0) is 20.3. The molecule has 2 amide bonds. The van der Waals surface area contributed by atoms with E-state index in [4.69, 9.17) is 0 Å². The molecule has 0 saturated heterocycles. The van der Waals surface area contributed by atoms with E-state index < -0.39 is 47.2 Å². The van der Waals surface area contributed by atoms with Crippen molar-refractivity contribution in [3.8, 4) is 0 Å². The van der Waals surface area contributed by atoms with Gasteiger partial charge in [-0.25, -0.2) is 17.6 Å². The second-order valence-corrected chi connectivity index (χ2v) is 5.59. The second kappa shape index (κ2) is 7.91. The van der Waals surface area contributed by atoms with Gasteiger partial charge in [-0.05, 0) is 24.3 Å². The number of carbonyl (C=O) groups is 2. The number of nitrogens with zero attached hydrogens (tertiary/aromatic N) is 1. The number of H-pyrrole nitrogens is 1. The first-order chi connectivity index (χ1) is 13.4. The SMILES string of the molecule is O=C(NCc1c(F)cccc1F)c1[nH]ncc1NC(=O)c1c(F)cccc1F.[HH]. The van der Waals surface area contributed by atoms with E-state index in [9.17, 15) is 27.2 Å². The molecule has 6 nitrogen and oxygen atoms in total. The van der Waals surface area contributed by atoms with E-state index in [-0.39, 0.29) is 18.4 Å². The highest BCUT2D eigenvalue weighted by molar-refractivity contribution is 6.08. The van der Waals surface area contributed by atoms with E-state index >= 15 is 0 Å². The summed E-state index contributed by atoms with van der Waals surface area (Å²) in [6.45, 7) is -0.467. The number of halogens is 4. The predicted molar refractivity (Wildman–Crippen MR) is 92.5 cm³/mol. The molecule has 0 unspecified atom stereocenters. The van der Waals surface area contributed by atoms with Crippen LogP contribution in [0.5, 0.6) is 0 Å². The largest absolute Gasteiger partial charge is 0.346 e. The van der Waals surface area contributed by atoms with Crippen molar-refractivity contribution in [1.82, 2.24) is 15.5 Å². The number of benzene rings is 2. The zero-order valence-corrected chi connectivity index (χ0v) is 14.0. The molecule has 0 radical (unpaired) electrons. The van der Waals surface area contributed by atoms with Gasteiger partial charge < -0.3 is 10.6 Å². The van der Waals surface area contributed by atoms with Crippen molar-refractivity contribution in [3.63, 3.8) is 0 Å². The first kappa shape index (κ1) is 19.1. The molecule has 2 aromatic carbocycles. The Kier molecular flexibility index (Phi) is 5.39. The van der Waals surface area contributed by atoms with Crippen LogP contribution in [0, 0.1) is 23.3 Å². The average Bonchev–Trinajstić information content (AvgIpc) is 3.09. The van der Waals surface area contributed by atoms with Gasteiger partial charge in [0.1, 0.15) is 34.5 Å². The molecule has 0 aliphatic carbocycles. The van der Waals surface area contributed by atoms with Crippen LogP contribution in [0.2, 0.25) is 0 Å². The molecule has 0 aliphatic rings. The van der Waals surface area contributed by atoms with Gasteiger partial charge in [0.15, 0.2) is 0 Å². The number of hydrogen-bond acceptors (Lipinski definition) is 3. The fraction of sp³-hybridized carbons (Fsp3) is 0.0556. The van der Waals surface area contributed by atoms with Gasteiger partial charge in [0.2, 0.25) is 0 Å². The Hall–Kier alpha value is -3.69. The van der Waals surface area contributed by atoms with Crippen LogP contribution in [0.25, 0.3) is 0 Å². The van der Waals surface area contributed by atoms with E-state index in [2.05, 4.69) is 20.8 Å². The van der Waals surface area contributed by atoms with E-state index in [1.165, 1.54) is 6.07 Å². The van der Waals surface area contributed by atoms with Crippen LogP contribution in [0.15, 0.2) is 42.6 Å². The second-order valence-electron chi connectivity index (χ2n) is 5.59. The highest BCUT2D eigenvalue weighted by Gasteiger charge is 2.21. The molecule has 0 aliphatic heterocycles. The number of anilines is 1. The molecule has 3 rings (SSSR count). The summed E-state index contributed by atoms with van der Waals surface area (Å²) in [6.07, 6.45) is 1.05. The minimum absolute atomic E-state index is 0. The summed E-state index contributed by atoms with van der Waals surface area (Å²) < 4.78 is 54.6. The van der Waals surface area contributed by atoms with E-state index in [1.54, 1.807) is 0 Å². The van der Waals surface area contributed by atoms with Crippen LogP contribution in [-0.4, -0.2) is 22.0 Å². The molecular formula is C18H14F4N4O2. The number of aromatic amines is 1. The average molecular weight is 394 g/mol. The number of hydrogen-bond donors (Lipinski definition) is 3. The molecule has 146 valence electrons. The third kappa shape index (κ3) is 3.85. The topological polar surface area (TPSA) is 86.9 Å². The van der Waals surface area contributed by atoms with Crippen molar-refractivity contribution in [1.29, 1.82) is 0 Å². The van der Waals surface area contributed by atoms with Crippen LogP contribution in [0.1, 0.15) is 27.8 Å². The Labute approximate surface area is 157 Å². The Morgan fingerprint density at radius 1 is 0.929 bits per heavy atom. The molecule has 0 spiro atoms. The molecule has 1 aromatic heterocycles. The molecule has 10 heteroatoms. The minimum Gasteiger partial charge on any atom is -0.346 e. The molecule has 0 saturated carbocycles. The summed E-state index contributed by atoms with van der Waals surface area (Å²) in [6, 6.07) is 6.17. The van der Waals surface area contributed by atoms with Crippen LogP contribution >= 0.6 is 0 Å². The van der Waals surface area contributed by atoms with Crippen molar-refractivity contribution in [2.24, 2.45) is 0 Å². The molecule has 0 atom stereocenters. The smallest absolute Gasteiger partial charge is 0.271 e. The van der Waals surface area contributed by atoms with Crippen LogP contribution in [0.3, 0.4) is 0 Å². The molecule has 1 heterocycles. The third-order valence-electron chi connectivity index (χ3n) is 3.79. The Bertz CT molecular complexity index is 1020. The van der Waals surface area contributed by atoms with Crippen molar-refractivity contribution in [2.45, 2.75) is 6.54 Å².